The van der Waals surface area contributed by atoms with Crippen molar-refractivity contribution in [3.63, 3.8) is 0 Å². The van der Waals surface area contributed by atoms with Gasteiger partial charge < -0.3 is 19.7 Å². The van der Waals surface area contributed by atoms with Crippen LogP contribution in [0, 0.1) is 5.92 Å². The van der Waals surface area contributed by atoms with Gasteiger partial charge in [0.2, 0.25) is 0 Å². The Balaban J connectivity index is 0.00000294. The molecular formula is C32H33ClN2O3. The summed E-state index contributed by atoms with van der Waals surface area (Å²) in [5.41, 5.74) is 3.34. The van der Waals surface area contributed by atoms with Crippen LogP contribution in [-0.2, 0) is 4.79 Å². The van der Waals surface area contributed by atoms with Crippen molar-refractivity contribution in [3.05, 3.63) is 96.6 Å². The zero-order chi connectivity index (χ0) is 25.2. The van der Waals surface area contributed by atoms with E-state index in [-0.39, 0.29) is 36.4 Å². The summed E-state index contributed by atoms with van der Waals surface area (Å²) in [4.78, 5) is 14.5. The summed E-state index contributed by atoms with van der Waals surface area (Å²) in [5.74, 6) is 1.42. The second-order valence-electron chi connectivity index (χ2n) is 10.0. The van der Waals surface area contributed by atoms with Gasteiger partial charge in [-0.1, -0.05) is 60.7 Å². The van der Waals surface area contributed by atoms with E-state index < -0.39 is 0 Å². The summed E-state index contributed by atoms with van der Waals surface area (Å²) in [6.45, 7) is 3.78. The maximum absolute atomic E-state index is 12.2. The second-order valence-corrected chi connectivity index (χ2v) is 10.0. The minimum atomic E-state index is -0.121. The fraction of sp³-hybridized carbons (Fsp3) is 0.281. The van der Waals surface area contributed by atoms with Crippen molar-refractivity contribution in [1.29, 1.82) is 0 Å². The molecule has 0 aromatic heterocycles. The van der Waals surface area contributed by atoms with Crippen LogP contribution < -0.4 is 19.7 Å². The van der Waals surface area contributed by atoms with Crippen molar-refractivity contribution in [2.75, 3.05) is 18.0 Å². The van der Waals surface area contributed by atoms with Gasteiger partial charge in [0.05, 0.1) is 18.2 Å². The van der Waals surface area contributed by atoms with Gasteiger partial charge in [0.15, 0.2) is 0 Å². The number of benzene rings is 4. The molecule has 2 aliphatic rings. The predicted octanol–water partition coefficient (Wildman–Crippen LogP) is 7.22. The molecule has 1 aliphatic heterocycles. The van der Waals surface area contributed by atoms with Gasteiger partial charge in [-0.2, -0.15) is 0 Å². The van der Waals surface area contributed by atoms with Crippen molar-refractivity contribution < 1.29 is 14.3 Å². The first-order chi connectivity index (χ1) is 18.2. The molecule has 4 aromatic carbocycles. The monoisotopic (exact) mass is 528 g/mol. The summed E-state index contributed by atoms with van der Waals surface area (Å²) in [7, 11) is 0. The topological polar surface area (TPSA) is 50.8 Å². The summed E-state index contributed by atoms with van der Waals surface area (Å²) < 4.78 is 12.1. The summed E-state index contributed by atoms with van der Waals surface area (Å²) in [6, 6.07) is 31.2. The third-order valence-electron chi connectivity index (χ3n) is 7.30. The minimum Gasteiger partial charge on any atom is -0.486 e. The van der Waals surface area contributed by atoms with Crippen LogP contribution in [0.15, 0.2) is 91.0 Å². The molecular weight excluding hydrogens is 496 g/mol. The maximum Gasteiger partial charge on any atom is 0.314 e. The molecule has 0 spiro atoms. The van der Waals surface area contributed by atoms with E-state index in [1.54, 1.807) is 0 Å². The van der Waals surface area contributed by atoms with Crippen LogP contribution in [0.2, 0.25) is 0 Å². The van der Waals surface area contributed by atoms with E-state index in [0.717, 1.165) is 49.5 Å². The average Bonchev–Trinajstić information content (AvgIpc) is 3.78. The lowest BCUT2D eigenvalue weighted by Crippen LogP contribution is -2.39. The van der Waals surface area contributed by atoms with Gasteiger partial charge in [-0.3, -0.25) is 4.79 Å². The summed E-state index contributed by atoms with van der Waals surface area (Å²) in [5, 5.41) is 6.27. The van der Waals surface area contributed by atoms with Gasteiger partial charge in [0, 0.05) is 17.8 Å². The number of halogens is 1. The first kappa shape index (κ1) is 26.1. The first-order valence-electron chi connectivity index (χ1n) is 13.2. The molecule has 196 valence electrons. The van der Waals surface area contributed by atoms with Crippen LogP contribution in [0.1, 0.15) is 37.8 Å². The predicted molar refractivity (Wildman–Crippen MR) is 155 cm³/mol. The molecule has 1 aliphatic carbocycles. The summed E-state index contributed by atoms with van der Waals surface area (Å²) in [6.07, 6.45) is 2.77. The highest BCUT2D eigenvalue weighted by atomic mass is 35.5. The molecule has 5 nitrogen and oxygen atoms in total. The van der Waals surface area contributed by atoms with E-state index in [1.807, 2.05) is 36.4 Å². The molecule has 6 rings (SSSR count). The van der Waals surface area contributed by atoms with E-state index >= 15 is 0 Å². The molecule has 0 amide bonds. The lowest BCUT2D eigenvalue weighted by molar-refractivity contribution is -0.135. The number of hydrogen-bond donors (Lipinski definition) is 1. The number of nitrogens with one attached hydrogen (secondary N) is 1. The molecule has 1 unspecified atom stereocenters. The number of carbonyl (C=O) groups excluding carboxylic acids is 1. The number of nitrogens with zero attached hydrogens (tertiary/aromatic N) is 1. The molecule has 1 fully saturated rings. The van der Waals surface area contributed by atoms with Crippen LogP contribution in [-0.4, -0.2) is 25.2 Å². The highest BCUT2D eigenvalue weighted by molar-refractivity contribution is 5.86. The molecule has 2 atom stereocenters. The smallest absolute Gasteiger partial charge is 0.314 e. The molecule has 0 radical (unpaired) electrons. The van der Waals surface area contributed by atoms with Gasteiger partial charge in [-0.25, -0.2) is 0 Å². The molecule has 38 heavy (non-hydrogen) atoms. The quantitative estimate of drug-likeness (QED) is 0.193. The maximum atomic E-state index is 12.2. The minimum absolute atomic E-state index is 0. The fourth-order valence-corrected chi connectivity index (χ4v) is 5.13. The SMILES string of the molecule is C[C@@H](NCCC1CN(c2cccc(OC(=O)C3CC3)c2)c2ccccc2O1)c1cccc2ccccc12.Cl. The van der Waals surface area contributed by atoms with Gasteiger partial charge in [-0.05, 0) is 73.3 Å². The van der Waals surface area contributed by atoms with Crippen molar-refractivity contribution >= 4 is 40.5 Å². The molecule has 1 saturated carbocycles. The average molecular weight is 529 g/mol. The van der Waals surface area contributed by atoms with E-state index in [2.05, 4.69) is 71.7 Å². The number of carbonyl (C=O) groups is 1. The highest BCUT2D eigenvalue weighted by Crippen LogP contribution is 2.40. The zero-order valence-electron chi connectivity index (χ0n) is 21.5. The Morgan fingerprint density at radius 1 is 1.00 bits per heavy atom. The van der Waals surface area contributed by atoms with E-state index in [4.69, 9.17) is 9.47 Å². The Bertz CT molecular complexity index is 1420. The highest BCUT2D eigenvalue weighted by Gasteiger charge is 2.32. The molecule has 0 saturated heterocycles. The normalized spacial score (nSPS) is 17.2. The van der Waals surface area contributed by atoms with Gasteiger partial charge in [0.25, 0.3) is 0 Å². The van der Waals surface area contributed by atoms with E-state index in [0.29, 0.717) is 5.75 Å². The fourth-order valence-electron chi connectivity index (χ4n) is 5.13. The third kappa shape index (κ3) is 5.64. The number of ether oxygens (including phenoxy) is 2. The number of anilines is 2. The van der Waals surface area contributed by atoms with Crippen LogP contribution in [0.25, 0.3) is 10.8 Å². The Morgan fingerprint density at radius 3 is 2.63 bits per heavy atom. The largest absolute Gasteiger partial charge is 0.486 e. The number of esters is 1. The van der Waals surface area contributed by atoms with Crippen LogP contribution in [0.5, 0.6) is 11.5 Å². The van der Waals surface area contributed by atoms with Gasteiger partial charge >= 0.3 is 5.97 Å². The van der Waals surface area contributed by atoms with Gasteiger partial charge in [-0.15, -0.1) is 12.4 Å². The second kappa shape index (κ2) is 11.5. The summed E-state index contributed by atoms with van der Waals surface area (Å²) >= 11 is 0. The molecule has 6 heteroatoms. The van der Waals surface area contributed by atoms with E-state index in [9.17, 15) is 4.79 Å². The van der Waals surface area contributed by atoms with E-state index in [1.165, 1.54) is 16.3 Å². The molecule has 1 N–H and O–H groups in total. The zero-order valence-corrected chi connectivity index (χ0v) is 22.3. The van der Waals surface area contributed by atoms with Crippen LogP contribution in [0.3, 0.4) is 0 Å². The first-order valence-corrected chi connectivity index (χ1v) is 13.2. The Labute approximate surface area is 230 Å². The van der Waals surface area contributed by atoms with Crippen LogP contribution >= 0.6 is 12.4 Å². The number of para-hydroxylation sites is 2. The lowest BCUT2D eigenvalue weighted by atomic mass is 9.99. The van der Waals surface area contributed by atoms with Crippen LogP contribution in [0.4, 0.5) is 11.4 Å². The third-order valence-corrected chi connectivity index (χ3v) is 7.30. The lowest BCUT2D eigenvalue weighted by Gasteiger charge is -2.36. The standard InChI is InChI=1S/C32H32N2O3.ClH/c1-22(28-13-6-9-23-8-2-3-12-29(23)28)33-19-18-27-21-34(30-14-4-5-15-31(30)36-27)25-10-7-11-26(20-25)37-32(35)24-16-17-24;/h2-15,20,22,24,27,33H,16-19,21H2,1H3;1H/t22-,27?;/m1./s1. The van der Waals surface area contributed by atoms with Crippen molar-refractivity contribution in [2.45, 2.75) is 38.3 Å². The molecule has 0 bridgehead atoms. The Kier molecular flexibility index (Phi) is 7.87. The number of hydrogen-bond acceptors (Lipinski definition) is 5. The Morgan fingerprint density at radius 2 is 1.76 bits per heavy atom. The number of fused-ring (bicyclic) bond motifs is 2. The molecule has 4 aromatic rings. The van der Waals surface area contributed by atoms with Crippen molar-refractivity contribution in [2.24, 2.45) is 5.92 Å². The van der Waals surface area contributed by atoms with Crippen molar-refractivity contribution in [3.8, 4) is 11.5 Å². The Hall–Kier alpha value is -3.54. The number of rotatable bonds is 8. The molecule has 1 heterocycles. The van der Waals surface area contributed by atoms with Gasteiger partial charge in [0.1, 0.15) is 17.6 Å². The van der Waals surface area contributed by atoms with Crippen molar-refractivity contribution in [1.82, 2.24) is 5.32 Å².